The van der Waals surface area contributed by atoms with E-state index in [1.165, 1.54) is 21.9 Å². The Labute approximate surface area is 113 Å². The molecule has 4 heteroatoms. The maximum absolute atomic E-state index is 6.12. The normalized spacial score (nSPS) is 21.4. The third kappa shape index (κ3) is 2.24. The van der Waals surface area contributed by atoms with E-state index in [9.17, 15) is 0 Å². The summed E-state index contributed by atoms with van der Waals surface area (Å²) in [5.41, 5.74) is 3.05. The fourth-order valence-electron chi connectivity index (χ4n) is 2.34. The zero-order valence-corrected chi connectivity index (χ0v) is 13.3. The smallest absolute Gasteiger partial charge is 0.399 e. The van der Waals surface area contributed by atoms with E-state index in [2.05, 4.69) is 62.9 Å². The Morgan fingerprint density at radius 2 is 1.33 bits per heavy atom. The number of benzene rings is 1. The molecule has 98 valence electrons. The van der Waals surface area contributed by atoms with Crippen molar-refractivity contribution < 1.29 is 9.31 Å². The van der Waals surface area contributed by atoms with Crippen LogP contribution in [-0.4, -0.2) is 18.3 Å². The van der Waals surface area contributed by atoms with Crippen molar-refractivity contribution in [1.82, 2.24) is 0 Å². The van der Waals surface area contributed by atoms with Gasteiger partial charge in [-0.05, 0) is 52.3 Å². The molecule has 1 fully saturated rings. The molecule has 18 heavy (non-hydrogen) atoms. The molecular formula is C14H22BO2P. The van der Waals surface area contributed by atoms with Gasteiger partial charge in [0.25, 0.3) is 0 Å². The van der Waals surface area contributed by atoms with Crippen LogP contribution in [0.1, 0.15) is 38.8 Å². The predicted molar refractivity (Wildman–Crippen MR) is 81.0 cm³/mol. The maximum atomic E-state index is 6.12. The Hall–Kier alpha value is -0.365. The van der Waals surface area contributed by atoms with Gasteiger partial charge >= 0.3 is 7.12 Å². The number of rotatable bonds is 1. The Bertz CT molecular complexity index is 444. The van der Waals surface area contributed by atoms with Gasteiger partial charge in [0.1, 0.15) is 0 Å². The van der Waals surface area contributed by atoms with Crippen LogP contribution in [0.4, 0.5) is 0 Å². The predicted octanol–water partition coefficient (Wildman–Crippen LogP) is 2.10. The van der Waals surface area contributed by atoms with Gasteiger partial charge in [-0.3, -0.25) is 0 Å². The second-order valence-electron chi connectivity index (χ2n) is 6.16. The molecule has 1 aromatic rings. The molecule has 0 N–H and O–H groups in total. The van der Waals surface area contributed by atoms with Crippen LogP contribution in [0.15, 0.2) is 12.1 Å². The molecule has 1 aliphatic rings. The molecule has 0 aliphatic carbocycles. The first-order valence-electron chi connectivity index (χ1n) is 6.36. The van der Waals surface area contributed by atoms with E-state index in [1.54, 1.807) is 0 Å². The molecule has 0 saturated carbocycles. The third-order valence-electron chi connectivity index (χ3n) is 4.10. The first kappa shape index (κ1) is 14.1. The van der Waals surface area contributed by atoms with E-state index in [0.29, 0.717) is 0 Å². The standard InChI is InChI=1S/C14H22BO2P/c1-9-7-11(18)8-10(2)12(9)15-16-13(3,4)14(5,6)17-15/h7-8H,18H2,1-6H3. The van der Waals surface area contributed by atoms with Gasteiger partial charge in [0.15, 0.2) is 0 Å². The zero-order valence-electron chi connectivity index (χ0n) is 12.1. The summed E-state index contributed by atoms with van der Waals surface area (Å²) < 4.78 is 12.2. The first-order valence-corrected chi connectivity index (χ1v) is 6.94. The molecule has 1 atom stereocenters. The molecule has 1 unspecified atom stereocenters. The molecule has 0 bridgehead atoms. The number of hydrogen-bond donors (Lipinski definition) is 0. The molecule has 1 saturated heterocycles. The molecule has 0 radical (unpaired) electrons. The summed E-state index contributed by atoms with van der Waals surface area (Å²) in [6.45, 7) is 12.6. The van der Waals surface area contributed by atoms with E-state index < -0.39 is 0 Å². The van der Waals surface area contributed by atoms with Crippen LogP contribution < -0.4 is 10.8 Å². The minimum absolute atomic E-state index is 0.263. The van der Waals surface area contributed by atoms with Gasteiger partial charge in [0.05, 0.1) is 11.2 Å². The summed E-state index contributed by atoms with van der Waals surface area (Å²) in [7, 11) is 2.48. The SMILES string of the molecule is Cc1cc(P)cc(C)c1B1OC(C)(C)C(C)(C)O1. The van der Waals surface area contributed by atoms with E-state index in [1.807, 2.05) is 0 Å². The lowest BCUT2D eigenvalue weighted by Crippen LogP contribution is -2.41. The van der Waals surface area contributed by atoms with Gasteiger partial charge in [-0.25, -0.2) is 0 Å². The Morgan fingerprint density at radius 3 is 1.72 bits per heavy atom. The van der Waals surface area contributed by atoms with Crippen LogP contribution >= 0.6 is 9.24 Å². The van der Waals surface area contributed by atoms with Crippen molar-refractivity contribution in [2.75, 3.05) is 0 Å². The Kier molecular flexibility index (Phi) is 3.38. The van der Waals surface area contributed by atoms with Crippen molar-refractivity contribution in [3.05, 3.63) is 23.3 Å². The van der Waals surface area contributed by atoms with Gasteiger partial charge < -0.3 is 9.31 Å². The quantitative estimate of drug-likeness (QED) is 0.571. The summed E-state index contributed by atoms with van der Waals surface area (Å²) in [6.07, 6.45) is 0. The van der Waals surface area contributed by atoms with Crippen LogP contribution in [0.25, 0.3) is 0 Å². The van der Waals surface area contributed by atoms with Crippen molar-refractivity contribution in [3.63, 3.8) is 0 Å². The van der Waals surface area contributed by atoms with E-state index in [-0.39, 0.29) is 18.3 Å². The summed E-state index contributed by atoms with van der Waals surface area (Å²) in [6, 6.07) is 4.30. The monoisotopic (exact) mass is 264 g/mol. The lowest BCUT2D eigenvalue weighted by Gasteiger charge is -2.32. The largest absolute Gasteiger partial charge is 0.495 e. The summed E-state index contributed by atoms with van der Waals surface area (Å²) in [4.78, 5) is 0. The highest BCUT2D eigenvalue weighted by atomic mass is 31.0. The second-order valence-corrected chi connectivity index (χ2v) is 6.82. The van der Waals surface area contributed by atoms with Gasteiger partial charge in [-0.1, -0.05) is 23.3 Å². The van der Waals surface area contributed by atoms with Crippen molar-refractivity contribution in [2.45, 2.75) is 52.7 Å². The van der Waals surface area contributed by atoms with Crippen LogP contribution in [0.5, 0.6) is 0 Å². The van der Waals surface area contributed by atoms with Gasteiger partial charge in [-0.2, -0.15) is 0 Å². The highest BCUT2D eigenvalue weighted by Gasteiger charge is 2.52. The summed E-state index contributed by atoms with van der Waals surface area (Å²) in [5.74, 6) is 0. The Morgan fingerprint density at radius 1 is 0.944 bits per heavy atom. The van der Waals surface area contributed by atoms with Gasteiger partial charge in [0.2, 0.25) is 0 Å². The molecule has 1 heterocycles. The summed E-state index contributed by atoms with van der Waals surface area (Å²) in [5, 5.41) is 1.20. The third-order valence-corrected chi connectivity index (χ3v) is 4.44. The Balaban J connectivity index is 2.42. The van der Waals surface area contributed by atoms with E-state index in [4.69, 9.17) is 9.31 Å². The molecule has 2 rings (SSSR count). The van der Waals surface area contributed by atoms with Crippen molar-refractivity contribution in [3.8, 4) is 0 Å². The minimum Gasteiger partial charge on any atom is -0.399 e. The minimum atomic E-state index is -0.282. The fourth-order valence-corrected chi connectivity index (χ4v) is 2.84. The maximum Gasteiger partial charge on any atom is 0.495 e. The number of aryl methyl sites for hydroxylation is 2. The van der Waals surface area contributed by atoms with Crippen molar-refractivity contribution in [1.29, 1.82) is 0 Å². The average molecular weight is 264 g/mol. The molecule has 1 aliphatic heterocycles. The van der Waals surface area contributed by atoms with Crippen LogP contribution in [0.3, 0.4) is 0 Å². The zero-order chi connectivity index (χ0) is 13.7. The van der Waals surface area contributed by atoms with Crippen molar-refractivity contribution >= 4 is 27.1 Å². The second kappa shape index (κ2) is 4.33. The van der Waals surface area contributed by atoms with E-state index in [0.717, 1.165) is 0 Å². The van der Waals surface area contributed by atoms with Crippen LogP contribution in [0.2, 0.25) is 0 Å². The molecule has 2 nitrogen and oxygen atoms in total. The summed E-state index contributed by atoms with van der Waals surface area (Å²) >= 11 is 0. The lowest BCUT2D eigenvalue weighted by atomic mass is 9.73. The molecule has 0 aromatic heterocycles. The first-order chi connectivity index (χ1) is 8.14. The fraction of sp³-hybridized carbons (Fsp3) is 0.571. The molecule has 1 aromatic carbocycles. The van der Waals surface area contributed by atoms with Crippen LogP contribution in [-0.2, 0) is 9.31 Å². The van der Waals surface area contributed by atoms with Gasteiger partial charge in [0, 0.05) is 0 Å². The average Bonchev–Trinajstić information content (AvgIpc) is 2.32. The topological polar surface area (TPSA) is 18.5 Å². The lowest BCUT2D eigenvalue weighted by molar-refractivity contribution is 0.00578. The number of hydrogen-bond acceptors (Lipinski definition) is 2. The van der Waals surface area contributed by atoms with Gasteiger partial charge in [-0.15, -0.1) is 9.24 Å². The highest BCUT2D eigenvalue weighted by Crippen LogP contribution is 2.36. The van der Waals surface area contributed by atoms with Crippen LogP contribution in [0, 0.1) is 13.8 Å². The molecule has 0 spiro atoms. The highest BCUT2D eigenvalue weighted by molar-refractivity contribution is 7.27. The van der Waals surface area contributed by atoms with E-state index >= 15 is 0 Å². The molecular weight excluding hydrogens is 242 g/mol. The molecule has 0 amide bonds. The van der Waals surface area contributed by atoms with Crippen molar-refractivity contribution in [2.24, 2.45) is 0 Å².